The normalized spacial score (nSPS) is 11.4. The average Bonchev–Trinajstić information content (AvgIpc) is 3.53. The summed E-state index contributed by atoms with van der Waals surface area (Å²) in [6, 6.07) is 27.9. The molecule has 234 valence electrons. The van der Waals surface area contributed by atoms with Gasteiger partial charge in [0.15, 0.2) is 16.4 Å². The van der Waals surface area contributed by atoms with Crippen LogP contribution >= 0.6 is 22.9 Å². The number of carboxylic acids is 1. The number of nitrogens with one attached hydrogen (secondary N) is 1. The second-order valence-electron chi connectivity index (χ2n) is 10.2. The van der Waals surface area contributed by atoms with E-state index in [0.717, 1.165) is 27.4 Å². The first-order chi connectivity index (χ1) is 22.2. The van der Waals surface area contributed by atoms with Crippen LogP contribution in [0.25, 0.3) is 23.4 Å². The van der Waals surface area contributed by atoms with E-state index in [2.05, 4.69) is 10.3 Å². The molecule has 2 N–H and O–H groups in total. The van der Waals surface area contributed by atoms with Crippen LogP contribution in [0.5, 0.6) is 5.75 Å². The smallest absolute Gasteiger partial charge is 0.341 e. The van der Waals surface area contributed by atoms with Gasteiger partial charge in [0.1, 0.15) is 10.8 Å². The lowest BCUT2D eigenvalue weighted by Crippen LogP contribution is -2.15. The second kappa shape index (κ2) is 15.0. The van der Waals surface area contributed by atoms with Gasteiger partial charge in [-0.15, -0.1) is 11.3 Å². The minimum atomic E-state index is -3.50. The van der Waals surface area contributed by atoms with Crippen molar-refractivity contribution in [1.82, 2.24) is 4.98 Å². The molecule has 4 aromatic carbocycles. The average molecular weight is 673 g/mol. The van der Waals surface area contributed by atoms with Crippen LogP contribution in [0.1, 0.15) is 32.9 Å². The Morgan fingerprint density at radius 1 is 0.935 bits per heavy atom. The summed E-state index contributed by atoms with van der Waals surface area (Å²) in [6.45, 7) is -0.593. The van der Waals surface area contributed by atoms with Crippen molar-refractivity contribution in [2.45, 2.75) is 17.7 Å². The highest BCUT2D eigenvalue weighted by atomic mass is 35.5. The number of thiazole rings is 1. The van der Waals surface area contributed by atoms with Crippen LogP contribution in [0, 0.1) is 0 Å². The van der Waals surface area contributed by atoms with Crippen LogP contribution in [0.3, 0.4) is 0 Å². The molecule has 0 saturated carbocycles. The van der Waals surface area contributed by atoms with Gasteiger partial charge in [-0.3, -0.25) is 4.79 Å². The summed E-state index contributed by atoms with van der Waals surface area (Å²) in [4.78, 5) is 29.3. The summed E-state index contributed by atoms with van der Waals surface area (Å²) < 4.78 is 30.9. The number of anilines is 1. The molecule has 0 saturated heterocycles. The van der Waals surface area contributed by atoms with Crippen molar-refractivity contribution in [2.75, 3.05) is 17.7 Å². The van der Waals surface area contributed by atoms with Gasteiger partial charge in [-0.2, -0.15) is 0 Å². The lowest BCUT2D eigenvalue weighted by Gasteiger charge is -2.14. The number of benzene rings is 4. The topological polar surface area (TPSA) is 123 Å². The first kappa shape index (κ1) is 32.6. The second-order valence-corrected chi connectivity index (χ2v) is 13.7. The van der Waals surface area contributed by atoms with E-state index < -0.39 is 28.3 Å². The van der Waals surface area contributed by atoms with E-state index in [0.29, 0.717) is 23.4 Å². The monoisotopic (exact) mass is 672 g/mol. The fourth-order valence-corrected chi connectivity index (χ4v) is 6.73. The molecular formula is C35H29ClN2O6S2. The SMILES string of the molecule is O=C(O)COc1ccc(CCCS(=O)(=O)c2ccc(Cl)cc2)cc1NC(=O)c1cccc(C=Cc2nc(-c3ccccc3)cs2)c1. The predicted molar refractivity (Wildman–Crippen MR) is 182 cm³/mol. The highest BCUT2D eigenvalue weighted by Crippen LogP contribution is 2.28. The van der Waals surface area contributed by atoms with Gasteiger partial charge in [0.2, 0.25) is 0 Å². The molecule has 0 radical (unpaired) electrons. The van der Waals surface area contributed by atoms with E-state index in [1.165, 1.54) is 35.6 Å². The maximum atomic E-state index is 13.3. The Labute approximate surface area is 275 Å². The van der Waals surface area contributed by atoms with Crippen molar-refractivity contribution in [2.24, 2.45) is 0 Å². The minimum Gasteiger partial charge on any atom is -0.480 e. The molecule has 11 heteroatoms. The molecule has 1 aromatic heterocycles. The third-order valence-corrected chi connectivity index (χ3v) is 9.73. The van der Waals surface area contributed by atoms with Gasteiger partial charge in [0.05, 0.1) is 22.0 Å². The number of ether oxygens (including phenoxy) is 1. The molecule has 0 atom stereocenters. The van der Waals surface area contributed by atoms with Crippen LogP contribution in [0.2, 0.25) is 5.02 Å². The number of hydrogen-bond donors (Lipinski definition) is 2. The summed E-state index contributed by atoms with van der Waals surface area (Å²) in [5, 5.41) is 15.2. The largest absolute Gasteiger partial charge is 0.480 e. The highest BCUT2D eigenvalue weighted by Gasteiger charge is 2.16. The molecule has 46 heavy (non-hydrogen) atoms. The van der Waals surface area contributed by atoms with Crippen LogP contribution in [0.4, 0.5) is 5.69 Å². The van der Waals surface area contributed by atoms with Gasteiger partial charge in [0, 0.05) is 21.5 Å². The molecule has 0 spiro atoms. The Hall–Kier alpha value is -4.77. The number of carbonyl (C=O) groups is 2. The molecular weight excluding hydrogens is 644 g/mol. The number of rotatable bonds is 13. The van der Waals surface area contributed by atoms with Crippen LogP contribution in [-0.4, -0.2) is 42.7 Å². The number of carbonyl (C=O) groups excluding carboxylic acids is 1. The third kappa shape index (κ3) is 8.91. The number of aliphatic carboxylic acids is 1. The number of hydrogen-bond acceptors (Lipinski definition) is 7. The molecule has 0 aliphatic carbocycles. The lowest BCUT2D eigenvalue weighted by molar-refractivity contribution is -0.139. The molecule has 0 fully saturated rings. The van der Waals surface area contributed by atoms with Crippen LogP contribution in [0.15, 0.2) is 107 Å². The first-order valence-corrected chi connectivity index (χ1v) is 17.1. The quantitative estimate of drug-likeness (QED) is 0.131. The molecule has 0 bridgehead atoms. The molecule has 0 aliphatic rings. The van der Waals surface area contributed by atoms with E-state index in [4.69, 9.17) is 21.4 Å². The Morgan fingerprint density at radius 2 is 1.72 bits per heavy atom. The van der Waals surface area contributed by atoms with E-state index in [9.17, 15) is 18.0 Å². The zero-order valence-corrected chi connectivity index (χ0v) is 26.8. The van der Waals surface area contributed by atoms with E-state index >= 15 is 0 Å². The molecule has 0 unspecified atom stereocenters. The first-order valence-electron chi connectivity index (χ1n) is 14.2. The summed E-state index contributed by atoms with van der Waals surface area (Å²) >= 11 is 7.40. The Bertz CT molecular complexity index is 1970. The Balaban J connectivity index is 1.27. The number of aromatic nitrogens is 1. The van der Waals surface area contributed by atoms with Crippen molar-refractivity contribution in [3.05, 3.63) is 129 Å². The standard InChI is InChI=1S/C35H29ClN2O6S2/c36-28-13-15-29(16-14-28)46(42,43)19-5-7-25-11-17-32(44-22-34(39)40)30(21-25)38-35(41)27-10-4-6-24(20-27)12-18-33-37-31(23-45-33)26-8-2-1-3-9-26/h1-4,6,8-18,20-21,23H,5,7,19,22H2,(H,38,41)(H,39,40). The summed E-state index contributed by atoms with van der Waals surface area (Å²) in [5.41, 5.74) is 4.14. The number of halogens is 1. The summed E-state index contributed by atoms with van der Waals surface area (Å²) in [7, 11) is -3.50. The lowest BCUT2D eigenvalue weighted by atomic mass is 10.1. The van der Waals surface area contributed by atoms with E-state index in [1.807, 2.05) is 53.9 Å². The fraction of sp³-hybridized carbons (Fsp3) is 0.114. The van der Waals surface area contributed by atoms with Gasteiger partial charge < -0.3 is 15.2 Å². The maximum Gasteiger partial charge on any atom is 0.341 e. The van der Waals surface area contributed by atoms with E-state index in [-0.39, 0.29) is 22.1 Å². The van der Waals surface area contributed by atoms with E-state index in [1.54, 1.807) is 36.4 Å². The highest BCUT2D eigenvalue weighted by molar-refractivity contribution is 7.91. The van der Waals surface area contributed by atoms with Gasteiger partial charge in [-0.25, -0.2) is 18.2 Å². The number of carboxylic acid groups (broad SMARTS) is 1. The molecule has 5 aromatic rings. The van der Waals surface area contributed by atoms with Gasteiger partial charge in [-0.05, 0) is 78.6 Å². The predicted octanol–water partition coefficient (Wildman–Crippen LogP) is 7.76. The molecule has 1 amide bonds. The minimum absolute atomic E-state index is 0.0809. The number of amides is 1. The number of nitrogens with zero attached hydrogens (tertiary/aromatic N) is 1. The van der Waals surface area contributed by atoms with Gasteiger partial charge in [-0.1, -0.05) is 66.2 Å². The van der Waals surface area contributed by atoms with Gasteiger partial charge in [0.25, 0.3) is 5.91 Å². The van der Waals surface area contributed by atoms with Crippen LogP contribution in [-0.2, 0) is 21.1 Å². The van der Waals surface area contributed by atoms with Crippen LogP contribution < -0.4 is 10.1 Å². The summed E-state index contributed by atoms with van der Waals surface area (Å²) in [6.07, 6.45) is 4.50. The molecule has 1 heterocycles. The van der Waals surface area contributed by atoms with Crippen molar-refractivity contribution in [1.29, 1.82) is 0 Å². The zero-order chi connectivity index (χ0) is 32.5. The molecule has 8 nitrogen and oxygen atoms in total. The maximum absolute atomic E-state index is 13.3. The van der Waals surface area contributed by atoms with Crippen molar-refractivity contribution < 1.29 is 27.9 Å². The Kier molecular flexibility index (Phi) is 10.6. The molecule has 0 aliphatic heterocycles. The van der Waals surface area contributed by atoms with Gasteiger partial charge >= 0.3 is 5.97 Å². The number of aryl methyl sites for hydroxylation is 1. The zero-order valence-electron chi connectivity index (χ0n) is 24.4. The third-order valence-electron chi connectivity index (χ3n) is 6.85. The van der Waals surface area contributed by atoms with Crippen molar-refractivity contribution >= 4 is 62.5 Å². The van der Waals surface area contributed by atoms with Crippen molar-refractivity contribution in [3.63, 3.8) is 0 Å². The molecule has 5 rings (SSSR count). The summed E-state index contributed by atoms with van der Waals surface area (Å²) in [5.74, 6) is -1.48. The Morgan fingerprint density at radius 3 is 2.48 bits per heavy atom. The van der Waals surface area contributed by atoms with Crippen molar-refractivity contribution in [3.8, 4) is 17.0 Å². The number of sulfone groups is 1. The fourth-order valence-electron chi connectivity index (χ4n) is 4.57.